The molecular weight excluding hydrogens is 671 g/mol. The van der Waals surface area contributed by atoms with Gasteiger partial charge in [-0.1, -0.05) is 109 Å². The first kappa shape index (κ1) is 30.7. The fraction of sp³-hybridized carbons (Fsp3) is 0. The highest BCUT2D eigenvalue weighted by molar-refractivity contribution is 6.13. The fourth-order valence-electron chi connectivity index (χ4n) is 8.78. The van der Waals surface area contributed by atoms with Gasteiger partial charge in [0.1, 0.15) is 6.07 Å². The number of fused-ring (bicyclic) bond motifs is 9. The number of nitrogens with zero attached hydrogens (tertiary/aromatic N) is 5. The SMILES string of the molecule is N#Cc1cc(-n2c3ccccc3c3cccc(C#N)c32)ccc1-c1cccc(-n2c3ccccc3c3ccc(-n4c5ccccc5c5ccccc54)cc32)c1. The third kappa shape index (κ3) is 4.45. The lowest BCUT2D eigenvalue weighted by molar-refractivity contribution is 1.15. The average molecular weight is 700 g/mol. The quantitative estimate of drug-likeness (QED) is 0.184. The van der Waals surface area contributed by atoms with Crippen LogP contribution in [0.2, 0.25) is 0 Å². The molecule has 0 atom stereocenters. The molecule has 0 saturated carbocycles. The third-order valence-corrected chi connectivity index (χ3v) is 11.1. The predicted octanol–water partition coefficient (Wildman–Crippen LogP) is 12.4. The second kappa shape index (κ2) is 11.8. The zero-order chi connectivity index (χ0) is 36.6. The van der Waals surface area contributed by atoms with Crippen molar-refractivity contribution in [3.8, 4) is 40.3 Å². The Morgan fingerprint density at radius 1 is 0.327 bits per heavy atom. The summed E-state index contributed by atoms with van der Waals surface area (Å²) in [4.78, 5) is 0. The number of para-hydroxylation sites is 5. The normalized spacial score (nSPS) is 11.6. The molecule has 3 heterocycles. The molecule has 0 aliphatic rings. The Hall–Kier alpha value is -7.86. The Kier molecular flexibility index (Phi) is 6.61. The molecule has 5 heteroatoms. The van der Waals surface area contributed by atoms with Crippen molar-refractivity contribution >= 4 is 65.4 Å². The second-order valence-electron chi connectivity index (χ2n) is 14.0. The van der Waals surface area contributed by atoms with Crippen LogP contribution in [0, 0.1) is 22.7 Å². The molecule has 0 aliphatic heterocycles. The number of nitriles is 2. The molecule has 11 rings (SSSR count). The number of hydrogen-bond acceptors (Lipinski definition) is 2. The summed E-state index contributed by atoms with van der Waals surface area (Å²) in [5.41, 5.74) is 12.3. The Balaban J connectivity index is 1.09. The lowest BCUT2D eigenvalue weighted by Gasteiger charge is -2.14. The molecule has 0 radical (unpaired) electrons. The fourth-order valence-corrected chi connectivity index (χ4v) is 8.78. The largest absolute Gasteiger partial charge is 0.309 e. The van der Waals surface area contributed by atoms with E-state index in [9.17, 15) is 10.5 Å². The highest BCUT2D eigenvalue weighted by atomic mass is 15.0. The molecule has 3 aromatic heterocycles. The molecule has 0 N–H and O–H groups in total. The van der Waals surface area contributed by atoms with Crippen LogP contribution in [-0.2, 0) is 0 Å². The van der Waals surface area contributed by atoms with Gasteiger partial charge in [-0.25, -0.2) is 0 Å². The summed E-state index contributed by atoms with van der Waals surface area (Å²) >= 11 is 0. The number of hydrogen-bond donors (Lipinski definition) is 0. The zero-order valence-electron chi connectivity index (χ0n) is 29.5. The first-order chi connectivity index (χ1) is 27.2. The molecule has 0 aliphatic carbocycles. The van der Waals surface area contributed by atoms with Gasteiger partial charge in [0, 0.05) is 49.4 Å². The van der Waals surface area contributed by atoms with Gasteiger partial charge in [-0.3, -0.25) is 0 Å². The zero-order valence-corrected chi connectivity index (χ0v) is 29.5. The number of rotatable bonds is 4. The van der Waals surface area contributed by atoms with Crippen molar-refractivity contribution < 1.29 is 0 Å². The van der Waals surface area contributed by atoms with Crippen LogP contribution in [0.15, 0.2) is 176 Å². The van der Waals surface area contributed by atoms with E-state index in [1.54, 1.807) is 0 Å². The van der Waals surface area contributed by atoms with Crippen molar-refractivity contribution in [3.63, 3.8) is 0 Å². The molecule has 5 nitrogen and oxygen atoms in total. The van der Waals surface area contributed by atoms with Crippen LogP contribution in [0.25, 0.3) is 93.6 Å². The minimum atomic E-state index is 0.561. The van der Waals surface area contributed by atoms with E-state index >= 15 is 0 Å². The molecule has 254 valence electrons. The predicted molar refractivity (Wildman–Crippen MR) is 224 cm³/mol. The second-order valence-corrected chi connectivity index (χ2v) is 14.0. The van der Waals surface area contributed by atoms with Gasteiger partial charge in [-0.15, -0.1) is 0 Å². The van der Waals surface area contributed by atoms with Crippen LogP contribution >= 0.6 is 0 Å². The molecule has 0 amide bonds. The van der Waals surface area contributed by atoms with E-state index in [4.69, 9.17) is 0 Å². The van der Waals surface area contributed by atoms with Gasteiger partial charge in [0.25, 0.3) is 0 Å². The van der Waals surface area contributed by atoms with Gasteiger partial charge in [-0.2, -0.15) is 10.5 Å². The summed E-state index contributed by atoms with van der Waals surface area (Å²) in [6.07, 6.45) is 0. The summed E-state index contributed by atoms with van der Waals surface area (Å²) in [6.45, 7) is 0. The lowest BCUT2D eigenvalue weighted by Crippen LogP contribution is -1.99. The van der Waals surface area contributed by atoms with E-state index in [-0.39, 0.29) is 0 Å². The van der Waals surface area contributed by atoms with E-state index in [0.717, 1.165) is 61.0 Å². The van der Waals surface area contributed by atoms with Crippen molar-refractivity contribution in [2.75, 3.05) is 0 Å². The van der Waals surface area contributed by atoms with E-state index in [1.807, 2.05) is 36.4 Å². The van der Waals surface area contributed by atoms with Crippen molar-refractivity contribution in [3.05, 3.63) is 187 Å². The molecule has 0 unspecified atom stereocenters. The first-order valence-corrected chi connectivity index (χ1v) is 18.3. The smallest absolute Gasteiger partial charge is 0.101 e. The molecule has 11 aromatic rings. The van der Waals surface area contributed by atoms with Crippen LogP contribution in [0.3, 0.4) is 0 Å². The third-order valence-electron chi connectivity index (χ3n) is 11.1. The summed E-state index contributed by atoms with van der Waals surface area (Å²) in [5, 5.41) is 27.6. The molecule has 0 fully saturated rings. The topological polar surface area (TPSA) is 62.4 Å². The van der Waals surface area contributed by atoms with Crippen LogP contribution < -0.4 is 0 Å². The molecule has 8 aromatic carbocycles. The minimum absolute atomic E-state index is 0.561. The summed E-state index contributed by atoms with van der Waals surface area (Å²) in [5.74, 6) is 0. The highest BCUT2D eigenvalue weighted by Gasteiger charge is 2.19. The summed E-state index contributed by atoms with van der Waals surface area (Å²) < 4.78 is 6.81. The summed E-state index contributed by atoms with van der Waals surface area (Å²) in [6, 6.07) is 66.0. The Bertz CT molecular complexity index is 3420. The van der Waals surface area contributed by atoms with Crippen LogP contribution in [0.4, 0.5) is 0 Å². The number of aromatic nitrogens is 3. The molecule has 0 saturated heterocycles. The van der Waals surface area contributed by atoms with Crippen molar-refractivity contribution in [1.82, 2.24) is 13.7 Å². The van der Waals surface area contributed by atoms with Crippen molar-refractivity contribution in [2.45, 2.75) is 0 Å². The Morgan fingerprint density at radius 3 is 1.44 bits per heavy atom. The van der Waals surface area contributed by atoms with E-state index < -0.39 is 0 Å². The van der Waals surface area contributed by atoms with Crippen LogP contribution in [0.1, 0.15) is 11.1 Å². The van der Waals surface area contributed by atoms with Gasteiger partial charge in [0.2, 0.25) is 0 Å². The van der Waals surface area contributed by atoms with E-state index in [1.165, 1.54) is 32.6 Å². The maximum absolute atomic E-state index is 10.6. The highest BCUT2D eigenvalue weighted by Crippen LogP contribution is 2.39. The van der Waals surface area contributed by atoms with Gasteiger partial charge in [-0.05, 0) is 77.9 Å². The van der Waals surface area contributed by atoms with E-state index in [2.05, 4.69) is 165 Å². The monoisotopic (exact) mass is 699 g/mol. The summed E-state index contributed by atoms with van der Waals surface area (Å²) in [7, 11) is 0. The van der Waals surface area contributed by atoms with Crippen molar-refractivity contribution in [1.29, 1.82) is 10.5 Å². The minimum Gasteiger partial charge on any atom is -0.309 e. The number of benzene rings is 8. The van der Waals surface area contributed by atoms with Gasteiger partial charge >= 0.3 is 0 Å². The van der Waals surface area contributed by atoms with Gasteiger partial charge < -0.3 is 13.7 Å². The van der Waals surface area contributed by atoms with Gasteiger partial charge in [0.05, 0.1) is 50.3 Å². The van der Waals surface area contributed by atoms with E-state index in [0.29, 0.717) is 11.1 Å². The van der Waals surface area contributed by atoms with Gasteiger partial charge in [0.15, 0.2) is 0 Å². The molecule has 0 bridgehead atoms. The molecule has 0 spiro atoms. The Labute approximate surface area is 316 Å². The maximum atomic E-state index is 10.6. The van der Waals surface area contributed by atoms with Crippen LogP contribution in [-0.4, -0.2) is 13.7 Å². The average Bonchev–Trinajstić information content (AvgIpc) is 3.89. The van der Waals surface area contributed by atoms with Crippen LogP contribution in [0.5, 0.6) is 0 Å². The maximum Gasteiger partial charge on any atom is 0.101 e. The van der Waals surface area contributed by atoms with Crippen molar-refractivity contribution in [2.24, 2.45) is 0 Å². The molecular formula is C50H29N5. The first-order valence-electron chi connectivity index (χ1n) is 18.3. The Morgan fingerprint density at radius 2 is 0.800 bits per heavy atom. The lowest BCUT2D eigenvalue weighted by atomic mass is 9.99. The molecule has 55 heavy (non-hydrogen) atoms. The standard InChI is InChI=1S/C50H29N5/c51-30-33-12-10-18-44-42-17-4-8-22-48(42)55(50(33)44)36-23-25-38(34(28-36)31-52)32-11-9-13-35(27-32)54-47-21-7-3-16-41(47)43-26-24-37(29-49(43)54)53-45-19-5-1-14-39(45)40-15-2-6-20-46(40)53/h1-29H.